The SMILES string of the molecule is Cc1cc(C(=O)NCCNC(=O)c2ccccc2)c(C)n1Cc1cccs1. The van der Waals surface area contributed by atoms with Gasteiger partial charge in [0.25, 0.3) is 11.8 Å². The van der Waals surface area contributed by atoms with Gasteiger partial charge in [-0.1, -0.05) is 24.3 Å². The Hall–Kier alpha value is -2.86. The minimum absolute atomic E-state index is 0.116. The maximum atomic E-state index is 12.5. The number of nitrogens with one attached hydrogen (secondary N) is 2. The number of hydrogen-bond acceptors (Lipinski definition) is 3. The number of benzene rings is 1. The van der Waals surface area contributed by atoms with E-state index in [1.807, 2.05) is 44.2 Å². The second-order valence-corrected chi connectivity index (χ2v) is 7.36. The first-order valence-corrected chi connectivity index (χ1v) is 9.75. The fraction of sp³-hybridized carbons (Fsp3) is 0.238. The number of amides is 2. The summed E-state index contributed by atoms with van der Waals surface area (Å²) in [5.41, 5.74) is 3.30. The number of rotatable bonds is 7. The molecule has 0 aliphatic heterocycles. The molecule has 2 N–H and O–H groups in total. The molecule has 0 atom stereocenters. The Morgan fingerprint density at radius 3 is 2.33 bits per heavy atom. The third kappa shape index (κ3) is 4.65. The molecule has 0 fully saturated rings. The molecule has 2 amide bonds. The van der Waals surface area contributed by atoms with E-state index in [-0.39, 0.29) is 11.8 Å². The summed E-state index contributed by atoms with van der Waals surface area (Å²) in [5.74, 6) is -0.256. The molecular weight excluding hydrogens is 358 g/mol. The zero-order valence-electron chi connectivity index (χ0n) is 15.5. The smallest absolute Gasteiger partial charge is 0.253 e. The lowest BCUT2D eigenvalue weighted by Gasteiger charge is -2.09. The fourth-order valence-electron chi connectivity index (χ4n) is 2.97. The second kappa shape index (κ2) is 8.68. The lowest BCUT2D eigenvalue weighted by molar-refractivity contribution is 0.0927. The zero-order chi connectivity index (χ0) is 19.2. The van der Waals surface area contributed by atoms with Crippen molar-refractivity contribution in [2.24, 2.45) is 0 Å². The Balaban J connectivity index is 1.53. The van der Waals surface area contributed by atoms with E-state index >= 15 is 0 Å². The summed E-state index contributed by atoms with van der Waals surface area (Å²) in [6.45, 7) is 5.51. The molecule has 0 radical (unpaired) electrons. The highest BCUT2D eigenvalue weighted by Gasteiger charge is 2.16. The summed E-state index contributed by atoms with van der Waals surface area (Å²) in [5, 5.41) is 7.75. The first-order chi connectivity index (χ1) is 13.1. The topological polar surface area (TPSA) is 63.1 Å². The summed E-state index contributed by atoms with van der Waals surface area (Å²) in [4.78, 5) is 25.8. The van der Waals surface area contributed by atoms with Gasteiger partial charge in [-0.25, -0.2) is 0 Å². The van der Waals surface area contributed by atoms with Gasteiger partial charge in [-0.05, 0) is 43.5 Å². The predicted octanol–water partition coefficient (Wildman–Crippen LogP) is 3.37. The van der Waals surface area contributed by atoms with Gasteiger partial charge in [-0.15, -0.1) is 11.3 Å². The molecule has 0 spiro atoms. The quantitative estimate of drug-likeness (QED) is 0.617. The van der Waals surface area contributed by atoms with E-state index in [1.165, 1.54) is 4.88 Å². The summed E-state index contributed by atoms with van der Waals surface area (Å²) < 4.78 is 2.15. The molecule has 0 saturated carbocycles. The average Bonchev–Trinajstić information content (AvgIpc) is 3.29. The van der Waals surface area contributed by atoms with Gasteiger partial charge in [-0.2, -0.15) is 0 Å². The maximum Gasteiger partial charge on any atom is 0.253 e. The number of nitrogens with zero attached hydrogens (tertiary/aromatic N) is 1. The number of carbonyl (C=O) groups is 2. The molecule has 6 heteroatoms. The molecule has 27 heavy (non-hydrogen) atoms. The van der Waals surface area contributed by atoms with Gasteiger partial charge in [0.15, 0.2) is 0 Å². The maximum absolute atomic E-state index is 12.5. The molecule has 0 unspecified atom stereocenters. The van der Waals surface area contributed by atoms with Crippen LogP contribution in [0.3, 0.4) is 0 Å². The van der Waals surface area contributed by atoms with Crippen LogP contribution in [0.15, 0.2) is 53.9 Å². The van der Waals surface area contributed by atoms with Crippen molar-refractivity contribution in [2.75, 3.05) is 13.1 Å². The first-order valence-electron chi connectivity index (χ1n) is 8.87. The monoisotopic (exact) mass is 381 g/mol. The largest absolute Gasteiger partial charge is 0.350 e. The van der Waals surface area contributed by atoms with Crippen LogP contribution in [0.2, 0.25) is 0 Å². The molecule has 5 nitrogen and oxygen atoms in total. The van der Waals surface area contributed by atoms with Crippen LogP contribution in [0, 0.1) is 13.8 Å². The fourth-order valence-corrected chi connectivity index (χ4v) is 3.66. The van der Waals surface area contributed by atoms with Crippen molar-refractivity contribution in [3.05, 3.63) is 81.3 Å². The van der Waals surface area contributed by atoms with Crippen LogP contribution >= 0.6 is 11.3 Å². The lowest BCUT2D eigenvalue weighted by Crippen LogP contribution is -2.34. The highest BCUT2D eigenvalue weighted by Crippen LogP contribution is 2.19. The minimum Gasteiger partial charge on any atom is -0.350 e. The van der Waals surface area contributed by atoms with Crippen LogP contribution in [0.25, 0.3) is 0 Å². The van der Waals surface area contributed by atoms with E-state index in [9.17, 15) is 9.59 Å². The van der Waals surface area contributed by atoms with Crippen LogP contribution in [0.4, 0.5) is 0 Å². The van der Waals surface area contributed by atoms with Crippen molar-refractivity contribution >= 4 is 23.2 Å². The second-order valence-electron chi connectivity index (χ2n) is 6.33. The van der Waals surface area contributed by atoms with Crippen molar-refractivity contribution in [3.8, 4) is 0 Å². The molecule has 0 aliphatic carbocycles. The van der Waals surface area contributed by atoms with Crippen LogP contribution in [0.5, 0.6) is 0 Å². The molecule has 3 rings (SSSR count). The Morgan fingerprint density at radius 2 is 1.67 bits per heavy atom. The number of carbonyl (C=O) groups excluding carboxylic acids is 2. The minimum atomic E-state index is -0.140. The van der Waals surface area contributed by atoms with Crippen LogP contribution in [-0.2, 0) is 6.54 Å². The Kier molecular flexibility index (Phi) is 6.08. The summed E-state index contributed by atoms with van der Waals surface area (Å²) in [7, 11) is 0. The van der Waals surface area contributed by atoms with Crippen molar-refractivity contribution in [1.82, 2.24) is 15.2 Å². The molecule has 0 bridgehead atoms. The van der Waals surface area contributed by atoms with Crippen LogP contribution in [0.1, 0.15) is 37.0 Å². The van der Waals surface area contributed by atoms with Crippen LogP contribution in [-0.4, -0.2) is 29.5 Å². The molecule has 0 saturated heterocycles. The lowest BCUT2D eigenvalue weighted by atomic mass is 10.2. The van der Waals surface area contributed by atoms with Crippen molar-refractivity contribution < 1.29 is 9.59 Å². The Morgan fingerprint density at radius 1 is 0.963 bits per heavy atom. The van der Waals surface area contributed by atoms with E-state index < -0.39 is 0 Å². The van der Waals surface area contributed by atoms with E-state index in [2.05, 4.69) is 26.6 Å². The van der Waals surface area contributed by atoms with Gasteiger partial charge in [0, 0.05) is 34.9 Å². The molecule has 140 valence electrons. The standard InChI is InChI=1S/C21H23N3O2S/c1-15-13-19(16(2)24(15)14-18-9-6-12-27-18)21(26)23-11-10-22-20(25)17-7-4-3-5-8-17/h3-9,12-13H,10-11,14H2,1-2H3,(H,22,25)(H,23,26). The number of aryl methyl sites for hydroxylation is 1. The van der Waals surface area contributed by atoms with Crippen molar-refractivity contribution in [2.45, 2.75) is 20.4 Å². The number of hydrogen-bond donors (Lipinski definition) is 2. The summed E-state index contributed by atoms with van der Waals surface area (Å²) in [6, 6.07) is 15.1. The number of thiophene rings is 1. The Labute approximate surface area is 163 Å². The third-order valence-electron chi connectivity index (χ3n) is 4.44. The van der Waals surface area contributed by atoms with E-state index in [4.69, 9.17) is 0 Å². The van der Waals surface area contributed by atoms with Crippen LogP contribution < -0.4 is 10.6 Å². The molecule has 2 aromatic heterocycles. The first kappa shape index (κ1) is 18.9. The van der Waals surface area contributed by atoms with Gasteiger partial charge in [0.2, 0.25) is 0 Å². The van der Waals surface area contributed by atoms with Crippen molar-refractivity contribution in [1.29, 1.82) is 0 Å². The molecule has 3 aromatic rings. The normalized spacial score (nSPS) is 10.6. The van der Waals surface area contributed by atoms with Gasteiger partial charge < -0.3 is 15.2 Å². The molecular formula is C21H23N3O2S. The van der Waals surface area contributed by atoms with Gasteiger partial charge in [0.05, 0.1) is 12.1 Å². The summed E-state index contributed by atoms with van der Waals surface area (Å²) in [6.07, 6.45) is 0. The predicted molar refractivity (Wildman–Crippen MR) is 108 cm³/mol. The Bertz CT molecular complexity index is 915. The average molecular weight is 382 g/mol. The van der Waals surface area contributed by atoms with Gasteiger partial charge in [0.1, 0.15) is 0 Å². The summed E-state index contributed by atoms with van der Waals surface area (Å²) >= 11 is 1.71. The highest BCUT2D eigenvalue weighted by molar-refractivity contribution is 7.09. The number of aromatic nitrogens is 1. The van der Waals surface area contributed by atoms with Gasteiger partial charge in [-0.3, -0.25) is 9.59 Å². The van der Waals surface area contributed by atoms with E-state index in [0.717, 1.165) is 17.9 Å². The van der Waals surface area contributed by atoms with E-state index in [1.54, 1.807) is 23.5 Å². The van der Waals surface area contributed by atoms with Gasteiger partial charge >= 0.3 is 0 Å². The highest BCUT2D eigenvalue weighted by atomic mass is 32.1. The molecule has 2 heterocycles. The molecule has 1 aromatic carbocycles. The van der Waals surface area contributed by atoms with Crippen molar-refractivity contribution in [3.63, 3.8) is 0 Å². The zero-order valence-corrected chi connectivity index (χ0v) is 16.3. The third-order valence-corrected chi connectivity index (χ3v) is 5.31. The van der Waals surface area contributed by atoms with E-state index in [0.29, 0.717) is 24.2 Å². The molecule has 0 aliphatic rings.